The summed E-state index contributed by atoms with van der Waals surface area (Å²) in [5.74, 6) is 0. The normalized spacial score (nSPS) is 20.1. The van der Waals surface area contributed by atoms with Crippen LogP contribution in [0.4, 0.5) is 0 Å². The van der Waals surface area contributed by atoms with Gasteiger partial charge in [0, 0.05) is 12.6 Å². The van der Waals surface area contributed by atoms with Crippen LogP contribution in [-0.4, -0.2) is 6.54 Å². The summed E-state index contributed by atoms with van der Waals surface area (Å²) in [6, 6.07) is 9.30. The Hall–Kier alpha value is -1.08. The highest BCUT2D eigenvalue weighted by Crippen LogP contribution is 2.28. The number of rotatable bonds is 3. The van der Waals surface area contributed by atoms with Gasteiger partial charge in [-0.3, -0.25) is 0 Å². The third-order valence-electron chi connectivity index (χ3n) is 2.88. The number of benzene rings is 1. The molecule has 1 atom stereocenters. The first-order valence-corrected chi connectivity index (χ1v) is 5.34. The summed E-state index contributed by atoms with van der Waals surface area (Å²) in [6.07, 6.45) is 5.72. The lowest BCUT2D eigenvalue weighted by molar-refractivity contribution is 0.480. The van der Waals surface area contributed by atoms with Gasteiger partial charge in [0.25, 0.3) is 0 Å². The van der Waals surface area contributed by atoms with Crippen molar-refractivity contribution in [2.75, 3.05) is 6.54 Å². The Morgan fingerprint density at radius 2 is 2.29 bits per heavy atom. The van der Waals surface area contributed by atoms with Gasteiger partial charge in [-0.05, 0) is 30.4 Å². The van der Waals surface area contributed by atoms with E-state index in [0.717, 1.165) is 6.54 Å². The van der Waals surface area contributed by atoms with Gasteiger partial charge in [0.05, 0.1) is 0 Å². The highest BCUT2D eigenvalue weighted by atomic mass is 14.9. The van der Waals surface area contributed by atoms with Crippen LogP contribution in [0.15, 0.2) is 36.9 Å². The smallest absolute Gasteiger partial charge is 0.0325 e. The predicted molar refractivity (Wildman–Crippen MR) is 60.3 cm³/mol. The monoisotopic (exact) mass is 187 g/mol. The molecule has 0 aromatic heterocycles. The van der Waals surface area contributed by atoms with Crippen molar-refractivity contribution >= 4 is 0 Å². The summed E-state index contributed by atoms with van der Waals surface area (Å²) >= 11 is 0. The molecule has 1 heteroatoms. The quantitative estimate of drug-likeness (QED) is 0.717. The minimum absolute atomic E-state index is 0.540. The number of aryl methyl sites for hydroxylation is 1. The van der Waals surface area contributed by atoms with Crippen molar-refractivity contribution in [3.05, 3.63) is 48.0 Å². The van der Waals surface area contributed by atoms with Gasteiger partial charge in [-0.15, -0.1) is 6.58 Å². The topological polar surface area (TPSA) is 12.0 Å². The molecule has 0 aliphatic heterocycles. The van der Waals surface area contributed by atoms with E-state index in [9.17, 15) is 0 Å². The molecule has 1 aliphatic rings. The average Bonchev–Trinajstić information content (AvgIpc) is 2.26. The van der Waals surface area contributed by atoms with Crippen LogP contribution in [0.3, 0.4) is 0 Å². The molecule has 0 saturated heterocycles. The molecule has 14 heavy (non-hydrogen) atoms. The summed E-state index contributed by atoms with van der Waals surface area (Å²) in [6.45, 7) is 4.64. The van der Waals surface area contributed by atoms with Crippen LogP contribution in [0.25, 0.3) is 0 Å². The average molecular weight is 187 g/mol. The Morgan fingerprint density at radius 3 is 3.14 bits per heavy atom. The van der Waals surface area contributed by atoms with Crippen LogP contribution in [0.2, 0.25) is 0 Å². The first-order chi connectivity index (χ1) is 6.92. The second-order valence-electron chi connectivity index (χ2n) is 3.84. The van der Waals surface area contributed by atoms with Crippen molar-refractivity contribution in [2.24, 2.45) is 0 Å². The van der Waals surface area contributed by atoms with Crippen molar-refractivity contribution in [3.8, 4) is 0 Å². The highest BCUT2D eigenvalue weighted by Gasteiger charge is 2.17. The molecule has 0 spiro atoms. The van der Waals surface area contributed by atoms with Crippen molar-refractivity contribution < 1.29 is 0 Å². The summed E-state index contributed by atoms with van der Waals surface area (Å²) in [5.41, 5.74) is 3.00. The first-order valence-electron chi connectivity index (χ1n) is 5.34. The first kappa shape index (κ1) is 9.47. The van der Waals surface area contributed by atoms with E-state index >= 15 is 0 Å². The van der Waals surface area contributed by atoms with Crippen molar-refractivity contribution in [2.45, 2.75) is 25.3 Å². The number of fused-ring (bicyclic) bond motifs is 1. The standard InChI is InChI=1S/C13H17N/c1-2-10-14-13-9-5-7-11-6-3-4-8-12(11)13/h2-4,6,8,13-14H,1,5,7,9-10H2. The lowest BCUT2D eigenvalue weighted by atomic mass is 9.88. The van der Waals surface area contributed by atoms with Crippen molar-refractivity contribution in [1.82, 2.24) is 5.32 Å². The van der Waals surface area contributed by atoms with Crippen LogP contribution >= 0.6 is 0 Å². The van der Waals surface area contributed by atoms with E-state index in [4.69, 9.17) is 0 Å². The Balaban J connectivity index is 2.17. The summed E-state index contributed by atoms with van der Waals surface area (Å²) in [7, 11) is 0. The molecule has 1 aromatic rings. The van der Waals surface area contributed by atoms with Crippen LogP contribution < -0.4 is 5.32 Å². The lowest BCUT2D eigenvalue weighted by Crippen LogP contribution is -2.25. The van der Waals surface area contributed by atoms with E-state index in [1.165, 1.54) is 30.4 Å². The van der Waals surface area contributed by atoms with Gasteiger partial charge in [-0.1, -0.05) is 30.3 Å². The van der Waals surface area contributed by atoms with Gasteiger partial charge in [0.2, 0.25) is 0 Å². The van der Waals surface area contributed by atoms with Gasteiger partial charge in [-0.2, -0.15) is 0 Å². The Bertz CT molecular complexity index is 317. The van der Waals surface area contributed by atoms with Crippen molar-refractivity contribution in [1.29, 1.82) is 0 Å². The molecule has 0 saturated carbocycles. The maximum Gasteiger partial charge on any atom is 0.0325 e. The number of hydrogen-bond donors (Lipinski definition) is 1. The third kappa shape index (κ3) is 1.88. The van der Waals surface area contributed by atoms with Gasteiger partial charge in [0.1, 0.15) is 0 Å². The molecule has 1 N–H and O–H groups in total. The van der Waals surface area contributed by atoms with Crippen LogP contribution in [-0.2, 0) is 6.42 Å². The second-order valence-corrected chi connectivity index (χ2v) is 3.84. The highest BCUT2D eigenvalue weighted by molar-refractivity contribution is 5.32. The zero-order chi connectivity index (χ0) is 9.80. The molecule has 0 amide bonds. The SMILES string of the molecule is C=CCNC1CCCc2ccccc21. The molecule has 74 valence electrons. The van der Waals surface area contributed by atoms with Crippen LogP contribution in [0, 0.1) is 0 Å². The Labute approximate surface area is 85.8 Å². The number of hydrogen-bond acceptors (Lipinski definition) is 1. The van der Waals surface area contributed by atoms with E-state index in [2.05, 4.69) is 36.2 Å². The summed E-state index contributed by atoms with van der Waals surface area (Å²) in [4.78, 5) is 0. The second kappa shape index (κ2) is 4.43. The molecule has 1 nitrogen and oxygen atoms in total. The minimum atomic E-state index is 0.540. The molecule has 1 unspecified atom stereocenters. The van der Waals surface area contributed by atoms with Gasteiger partial charge >= 0.3 is 0 Å². The molecular formula is C13H17N. The van der Waals surface area contributed by atoms with E-state index < -0.39 is 0 Å². The minimum Gasteiger partial charge on any atom is -0.306 e. The van der Waals surface area contributed by atoms with Crippen molar-refractivity contribution in [3.63, 3.8) is 0 Å². The van der Waals surface area contributed by atoms with Gasteiger partial charge in [-0.25, -0.2) is 0 Å². The number of nitrogens with one attached hydrogen (secondary N) is 1. The predicted octanol–water partition coefficient (Wildman–Crippen LogP) is 2.84. The summed E-state index contributed by atoms with van der Waals surface area (Å²) in [5, 5.41) is 3.51. The fourth-order valence-corrected chi connectivity index (χ4v) is 2.19. The Kier molecular flexibility index (Phi) is 3.00. The van der Waals surface area contributed by atoms with Gasteiger partial charge in [0.15, 0.2) is 0 Å². The molecule has 0 radical (unpaired) electrons. The molecule has 1 aromatic carbocycles. The van der Waals surface area contributed by atoms with E-state index in [-0.39, 0.29) is 0 Å². The fraction of sp³-hybridized carbons (Fsp3) is 0.385. The largest absolute Gasteiger partial charge is 0.306 e. The van der Waals surface area contributed by atoms with E-state index in [0.29, 0.717) is 6.04 Å². The lowest BCUT2D eigenvalue weighted by Gasteiger charge is -2.25. The van der Waals surface area contributed by atoms with E-state index in [1.54, 1.807) is 0 Å². The zero-order valence-corrected chi connectivity index (χ0v) is 8.50. The Morgan fingerprint density at radius 1 is 1.43 bits per heavy atom. The van der Waals surface area contributed by atoms with Crippen LogP contribution in [0.1, 0.15) is 30.0 Å². The van der Waals surface area contributed by atoms with Gasteiger partial charge < -0.3 is 5.32 Å². The third-order valence-corrected chi connectivity index (χ3v) is 2.88. The molecule has 0 bridgehead atoms. The maximum absolute atomic E-state index is 3.74. The molecule has 0 fully saturated rings. The zero-order valence-electron chi connectivity index (χ0n) is 8.50. The molecular weight excluding hydrogens is 170 g/mol. The summed E-state index contributed by atoms with van der Waals surface area (Å²) < 4.78 is 0. The fourth-order valence-electron chi connectivity index (χ4n) is 2.19. The molecule has 1 aliphatic carbocycles. The van der Waals surface area contributed by atoms with Crippen LogP contribution in [0.5, 0.6) is 0 Å². The molecule has 0 heterocycles. The molecule has 2 rings (SSSR count). The maximum atomic E-state index is 3.74. The van der Waals surface area contributed by atoms with E-state index in [1.807, 2.05) is 6.08 Å².